The van der Waals surface area contributed by atoms with E-state index < -0.39 is 5.60 Å². The number of aryl methyl sites for hydroxylation is 2. The number of hydrogen-bond acceptors (Lipinski definition) is 11. The van der Waals surface area contributed by atoms with Crippen LogP contribution in [-0.2, 0) is 27.1 Å². The highest BCUT2D eigenvalue weighted by atomic mass is 32.1. The molecule has 4 N–H and O–H groups in total. The fourth-order valence-corrected chi connectivity index (χ4v) is 6.32. The van der Waals surface area contributed by atoms with Crippen molar-refractivity contribution in [3.63, 3.8) is 0 Å². The summed E-state index contributed by atoms with van der Waals surface area (Å²) in [5, 5.41) is 12.2. The predicted octanol–water partition coefficient (Wildman–Crippen LogP) is 4.37. The molecule has 0 spiro atoms. The smallest absolute Gasteiger partial charge is 0.410 e. The van der Waals surface area contributed by atoms with Gasteiger partial charge in [0.2, 0.25) is 6.41 Å². The lowest BCUT2D eigenvalue weighted by atomic mass is 9.97. The second kappa shape index (κ2) is 13.1. The number of likely N-dealkylation sites (tertiary alicyclic amines) is 1. The van der Waals surface area contributed by atoms with Crippen molar-refractivity contribution in [1.82, 2.24) is 19.8 Å². The van der Waals surface area contributed by atoms with Gasteiger partial charge in [0.05, 0.1) is 37.4 Å². The molecule has 0 saturated carbocycles. The number of ether oxygens (including phenoxy) is 3. The van der Waals surface area contributed by atoms with E-state index in [-0.39, 0.29) is 12.2 Å². The van der Waals surface area contributed by atoms with Gasteiger partial charge in [0.25, 0.3) is 0 Å². The highest BCUT2D eigenvalue weighted by Gasteiger charge is 2.35. The van der Waals surface area contributed by atoms with Crippen LogP contribution in [0.4, 0.5) is 22.0 Å². The van der Waals surface area contributed by atoms with Crippen LogP contribution in [0.15, 0.2) is 18.5 Å². The fraction of sp³-hybridized carbons (Fsp3) is 0.500. The first-order chi connectivity index (χ1) is 20.6. The first-order valence-electron chi connectivity index (χ1n) is 14.5. The van der Waals surface area contributed by atoms with Crippen molar-refractivity contribution in [1.29, 1.82) is 5.41 Å². The summed E-state index contributed by atoms with van der Waals surface area (Å²) in [6, 6.07) is 3.52. The Morgan fingerprint density at radius 1 is 1.19 bits per heavy atom. The molecule has 0 atom stereocenters. The van der Waals surface area contributed by atoms with Crippen molar-refractivity contribution >= 4 is 57.5 Å². The zero-order valence-corrected chi connectivity index (χ0v) is 25.7. The van der Waals surface area contributed by atoms with Crippen molar-refractivity contribution < 1.29 is 23.8 Å². The number of nitrogen functional groups attached to an aromatic ring is 1. The molecule has 2 aromatic heterocycles. The highest BCUT2D eigenvalue weighted by Crippen LogP contribution is 2.41. The lowest BCUT2D eigenvalue weighted by Crippen LogP contribution is -2.57. The maximum atomic E-state index is 12.3. The van der Waals surface area contributed by atoms with Gasteiger partial charge in [-0.1, -0.05) is 0 Å². The van der Waals surface area contributed by atoms with Crippen molar-refractivity contribution in [2.45, 2.75) is 58.2 Å². The van der Waals surface area contributed by atoms with Crippen LogP contribution < -0.4 is 15.8 Å². The second-order valence-electron chi connectivity index (χ2n) is 11.7. The van der Waals surface area contributed by atoms with E-state index in [0.717, 1.165) is 54.8 Å². The summed E-state index contributed by atoms with van der Waals surface area (Å²) in [5.74, 6) is 1.28. The van der Waals surface area contributed by atoms with Crippen LogP contribution in [-0.4, -0.2) is 89.6 Å². The minimum atomic E-state index is -0.541. The topological polar surface area (TPSA) is 156 Å². The van der Waals surface area contributed by atoms with Gasteiger partial charge >= 0.3 is 6.09 Å². The molecule has 2 fully saturated rings. The maximum absolute atomic E-state index is 12.3. The molecule has 230 valence electrons. The molecular formula is C30H39N7O5S. The Balaban J connectivity index is 0.000000400. The highest BCUT2D eigenvalue weighted by molar-refractivity contribution is 7.19. The minimum absolute atomic E-state index is 0.187. The lowest BCUT2D eigenvalue weighted by Gasteiger charge is -2.39. The predicted molar refractivity (Wildman–Crippen MR) is 167 cm³/mol. The number of carbonyl (C=O) groups is 2. The fourth-order valence-electron chi connectivity index (χ4n) is 5.10. The number of nitrogens with one attached hydrogen (secondary N) is 2. The van der Waals surface area contributed by atoms with E-state index in [9.17, 15) is 9.59 Å². The molecule has 3 aromatic rings. The molecule has 3 aliphatic rings. The van der Waals surface area contributed by atoms with Crippen molar-refractivity contribution in [3.8, 4) is 5.75 Å². The van der Waals surface area contributed by atoms with Crippen LogP contribution in [0.5, 0.6) is 5.75 Å². The number of aromatic nitrogens is 2. The van der Waals surface area contributed by atoms with Crippen LogP contribution in [0.2, 0.25) is 0 Å². The number of nitrogens with two attached hydrogens (primary N) is 1. The van der Waals surface area contributed by atoms with Gasteiger partial charge in [-0.3, -0.25) is 4.79 Å². The van der Waals surface area contributed by atoms with Crippen LogP contribution >= 0.6 is 11.3 Å². The molecule has 12 nitrogen and oxygen atoms in total. The first-order valence-corrected chi connectivity index (χ1v) is 15.3. The van der Waals surface area contributed by atoms with Gasteiger partial charge in [0.1, 0.15) is 34.4 Å². The summed E-state index contributed by atoms with van der Waals surface area (Å²) >= 11 is 1.74. The molecule has 43 heavy (non-hydrogen) atoms. The summed E-state index contributed by atoms with van der Waals surface area (Å²) < 4.78 is 16.7. The average molecular weight is 610 g/mol. The van der Waals surface area contributed by atoms with Crippen LogP contribution in [0, 0.1) is 5.41 Å². The molecule has 2 amide bonds. The summed E-state index contributed by atoms with van der Waals surface area (Å²) in [7, 11) is 0. The number of thiophene rings is 1. The van der Waals surface area contributed by atoms with Crippen molar-refractivity contribution in [2.24, 2.45) is 0 Å². The second-order valence-corrected chi connectivity index (χ2v) is 12.8. The molecule has 0 unspecified atom stereocenters. The molecule has 1 aliphatic carbocycles. The number of benzene rings is 1. The molecule has 0 bridgehead atoms. The van der Waals surface area contributed by atoms with Gasteiger partial charge in [-0.25, -0.2) is 14.8 Å². The molecule has 13 heteroatoms. The summed E-state index contributed by atoms with van der Waals surface area (Å²) in [6.07, 6.45) is 7.60. The Labute approximate surface area is 255 Å². The van der Waals surface area contributed by atoms with Crippen LogP contribution in [0.25, 0.3) is 10.2 Å². The SMILES string of the molecule is CC(C)(C)OC(=O)N1CC(Oc2cc(N)c(C=N)cc2Nc2ncnc3sc4c(c23)CCCC4)C1.O=CN1CCOCC1. The Morgan fingerprint density at radius 2 is 1.93 bits per heavy atom. The largest absolute Gasteiger partial charge is 0.484 e. The standard InChI is InChI=1S/C25H30N6O3S.C5H9NO2/c1-25(2,3)34-24(32)31-11-15(12-31)33-19-9-17(27)14(10-26)8-18(19)30-22-21-16-6-4-5-7-20(16)35-23(21)29-13-28-22;7-5-6-1-3-8-4-2-6/h8-10,13,15,26H,4-7,11-12,27H2,1-3H3,(H,28,29,30);5H,1-4H2. The van der Waals surface area contributed by atoms with Gasteiger partial charge in [0, 0.05) is 41.5 Å². The maximum Gasteiger partial charge on any atom is 0.410 e. The van der Waals surface area contributed by atoms with Crippen molar-refractivity contribution in [2.75, 3.05) is 50.4 Å². The molecular weight excluding hydrogens is 570 g/mol. The van der Waals surface area contributed by atoms with Gasteiger partial charge in [0.15, 0.2) is 0 Å². The van der Waals surface area contributed by atoms with E-state index in [2.05, 4.69) is 15.3 Å². The van der Waals surface area contributed by atoms with Crippen LogP contribution in [0.1, 0.15) is 49.6 Å². The normalized spacial score (nSPS) is 16.8. The van der Waals surface area contributed by atoms with Gasteiger partial charge in [-0.05, 0) is 58.1 Å². The summed E-state index contributed by atoms with van der Waals surface area (Å²) in [5.41, 5.74) is 8.67. The van der Waals surface area contributed by atoms with E-state index in [0.29, 0.717) is 49.0 Å². The number of anilines is 3. The molecule has 2 saturated heterocycles. The minimum Gasteiger partial charge on any atom is -0.484 e. The van der Waals surface area contributed by atoms with E-state index in [1.54, 1.807) is 39.6 Å². The number of nitrogens with zero attached hydrogens (tertiary/aromatic N) is 4. The molecule has 6 rings (SSSR count). The van der Waals surface area contributed by atoms with Gasteiger partial charge in [-0.15, -0.1) is 11.3 Å². The van der Waals surface area contributed by atoms with E-state index in [4.69, 9.17) is 25.4 Å². The van der Waals surface area contributed by atoms with E-state index in [1.807, 2.05) is 20.8 Å². The van der Waals surface area contributed by atoms with Crippen molar-refractivity contribution in [3.05, 3.63) is 34.5 Å². The first kappa shape index (κ1) is 30.5. The van der Waals surface area contributed by atoms with Gasteiger partial charge < -0.3 is 40.5 Å². The zero-order chi connectivity index (χ0) is 30.6. The Bertz CT molecular complexity index is 1480. The van der Waals surface area contributed by atoms with Crippen LogP contribution in [0.3, 0.4) is 0 Å². The molecule has 1 aromatic carbocycles. The Morgan fingerprint density at radius 3 is 2.60 bits per heavy atom. The van der Waals surface area contributed by atoms with Gasteiger partial charge in [-0.2, -0.15) is 0 Å². The summed E-state index contributed by atoms with van der Waals surface area (Å²) in [6.45, 7) is 9.29. The third-order valence-corrected chi connectivity index (χ3v) is 8.53. The lowest BCUT2D eigenvalue weighted by molar-refractivity contribution is -0.121. The molecule has 0 radical (unpaired) electrons. The number of carbonyl (C=O) groups excluding carboxylic acids is 2. The number of morpholine rings is 1. The molecule has 4 heterocycles. The average Bonchev–Trinajstić information content (AvgIpc) is 3.35. The van der Waals surface area contributed by atoms with E-state index in [1.165, 1.54) is 23.1 Å². The molecule has 2 aliphatic heterocycles. The third kappa shape index (κ3) is 7.34. The number of amides is 2. The third-order valence-electron chi connectivity index (χ3n) is 7.33. The zero-order valence-electron chi connectivity index (χ0n) is 24.9. The summed E-state index contributed by atoms with van der Waals surface area (Å²) in [4.78, 5) is 37.1. The monoisotopic (exact) mass is 609 g/mol. The number of rotatable bonds is 6. The number of fused-ring (bicyclic) bond motifs is 3. The quantitative estimate of drug-likeness (QED) is 0.210. The Hall–Kier alpha value is -3.97. The van der Waals surface area contributed by atoms with E-state index >= 15 is 0 Å². The Kier molecular flexibility index (Phi) is 9.31. The number of hydrogen-bond donors (Lipinski definition) is 3.